The largest absolute Gasteiger partial charge is 0.479 e. The van der Waals surface area contributed by atoms with E-state index in [2.05, 4.69) is 5.32 Å². The van der Waals surface area contributed by atoms with Crippen LogP contribution in [0.2, 0.25) is 0 Å². The Morgan fingerprint density at radius 1 is 1.45 bits per heavy atom. The van der Waals surface area contributed by atoms with E-state index in [4.69, 9.17) is 10.2 Å². The first kappa shape index (κ1) is 16.3. The van der Waals surface area contributed by atoms with Crippen LogP contribution in [0.5, 0.6) is 0 Å². The number of carbonyl (C=O) groups is 2. The van der Waals surface area contributed by atoms with Gasteiger partial charge in [-0.3, -0.25) is 0 Å². The van der Waals surface area contributed by atoms with Crippen molar-refractivity contribution < 1.29 is 33.0 Å². The third-order valence-corrected chi connectivity index (χ3v) is 2.84. The summed E-state index contributed by atoms with van der Waals surface area (Å²) in [5, 5.41) is 19.7. The second-order valence-corrected chi connectivity index (χ2v) is 4.30. The molecule has 0 saturated heterocycles. The number of alkyl halides is 3. The average molecular weight is 296 g/mol. The number of carboxylic acids is 1. The molecule has 114 valence electrons. The van der Waals surface area contributed by atoms with Gasteiger partial charge >= 0.3 is 18.2 Å². The standard InChI is InChI=1S/C11H15F3N2O4/c12-11(13,14)7-2-5-16(6-3-7)10(20)15-4-1-8(17)9(18)19/h2,8,17H,1,3-6H2,(H,15,20)(H,18,19). The van der Waals surface area contributed by atoms with E-state index in [0.717, 1.165) is 6.08 Å². The fourth-order valence-corrected chi connectivity index (χ4v) is 1.66. The molecule has 20 heavy (non-hydrogen) atoms. The van der Waals surface area contributed by atoms with Crippen LogP contribution in [-0.4, -0.2) is 59.0 Å². The van der Waals surface area contributed by atoms with Gasteiger partial charge in [-0.05, 0) is 6.42 Å². The Kier molecular flexibility index (Phi) is 5.37. The number of rotatable bonds is 4. The Morgan fingerprint density at radius 3 is 2.55 bits per heavy atom. The summed E-state index contributed by atoms with van der Waals surface area (Å²) in [4.78, 5) is 23.1. The molecular weight excluding hydrogens is 281 g/mol. The number of nitrogens with zero attached hydrogens (tertiary/aromatic N) is 1. The average Bonchev–Trinajstić information content (AvgIpc) is 2.37. The molecule has 0 spiro atoms. The second-order valence-electron chi connectivity index (χ2n) is 4.30. The van der Waals surface area contributed by atoms with Crippen LogP contribution in [0, 0.1) is 0 Å². The van der Waals surface area contributed by atoms with Crippen molar-refractivity contribution in [2.24, 2.45) is 0 Å². The number of aliphatic hydroxyl groups is 1. The molecule has 0 aliphatic carbocycles. The van der Waals surface area contributed by atoms with Gasteiger partial charge in [0.15, 0.2) is 6.10 Å². The number of aliphatic carboxylic acids is 1. The van der Waals surface area contributed by atoms with E-state index >= 15 is 0 Å². The predicted octanol–water partition coefficient (Wildman–Crippen LogP) is 0.726. The van der Waals surface area contributed by atoms with Crippen LogP contribution in [0.4, 0.5) is 18.0 Å². The Morgan fingerprint density at radius 2 is 2.10 bits per heavy atom. The van der Waals surface area contributed by atoms with Gasteiger partial charge in [0.25, 0.3) is 0 Å². The summed E-state index contributed by atoms with van der Waals surface area (Å²) in [5.41, 5.74) is -0.650. The van der Waals surface area contributed by atoms with Crippen LogP contribution < -0.4 is 5.32 Å². The summed E-state index contributed by atoms with van der Waals surface area (Å²) in [6.07, 6.45) is -5.43. The number of hydrogen-bond donors (Lipinski definition) is 3. The quantitative estimate of drug-likeness (QED) is 0.667. The van der Waals surface area contributed by atoms with E-state index in [9.17, 15) is 22.8 Å². The molecule has 0 aromatic rings. The van der Waals surface area contributed by atoms with Crippen molar-refractivity contribution in [1.29, 1.82) is 0 Å². The first-order chi connectivity index (χ1) is 9.21. The molecule has 1 heterocycles. The highest BCUT2D eigenvalue weighted by Crippen LogP contribution is 2.29. The van der Waals surface area contributed by atoms with Gasteiger partial charge in [0.1, 0.15) is 0 Å². The molecule has 1 aliphatic rings. The van der Waals surface area contributed by atoms with E-state index < -0.39 is 29.9 Å². The summed E-state index contributed by atoms with van der Waals surface area (Å²) in [6.45, 7) is -0.278. The zero-order valence-corrected chi connectivity index (χ0v) is 10.5. The number of nitrogens with one attached hydrogen (secondary N) is 1. The highest BCUT2D eigenvalue weighted by molar-refractivity contribution is 5.75. The summed E-state index contributed by atoms with van der Waals surface area (Å²) >= 11 is 0. The maximum atomic E-state index is 12.4. The lowest BCUT2D eigenvalue weighted by molar-refractivity contribution is -0.146. The number of urea groups is 1. The van der Waals surface area contributed by atoms with Crippen molar-refractivity contribution >= 4 is 12.0 Å². The van der Waals surface area contributed by atoms with Gasteiger partial charge in [0.05, 0.1) is 0 Å². The van der Waals surface area contributed by atoms with E-state index in [1.807, 2.05) is 0 Å². The van der Waals surface area contributed by atoms with Gasteiger partial charge in [-0.25, -0.2) is 9.59 Å². The number of hydrogen-bond acceptors (Lipinski definition) is 3. The van der Waals surface area contributed by atoms with Gasteiger partial charge < -0.3 is 20.4 Å². The fourth-order valence-electron chi connectivity index (χ4n) is 1.66. The molecule has 0 radical (unpaired) electrons. The molecular formula is C11H15F3N2O4. The number of aliphatic hydroxyl groups excluding tert-OH is 1. The summed E-state index contributed by atoms with van der Waals surface area (Å²) in [7, 11) is 0. The second kappa shape index (κ2) is 6.60. The van der Waals surface area contributed by atoms with Gasteiger partial charge in [-0.15, -0.1) is 0 Å². The molecule has 0 bridgehead atoms. The smallest absolute Gasteiger partial charge is 0.412 e. The molecule has 1 atom stereocenters. The SMILES string of the molecule is O=C(O)C(O)CCNC(=O)N1CC=C(C(F)(F)F)CC1. The van der Waals surface area contributed by atoms with Crippen LogP contribution in [0.3, 0.4) is 0 Å². The lowest BCUT2D eigenvalue weighted by atomic mass is 10.1. The van der Waals surface area contributed by atoms with Crippen LogP contribution in [-0.2, 0) is 4.79 Å². The maximum absolute atomic E-state index is 12.4. The van der Waals surface area contributed by atoms with E-state index in [1.54, 1.807) is 0 Å². The Balaban J connectivity index is 2.36. The molecule has 0 aromatic heterocycles. The van der Waals surface area contributed by atoms with Gasteiger partial charge in [-0.1, -0.05) is 6.08 Å². The van der Waals surface area contributed by atoms with Crippen molar-refractivity contribution in [3.8, 4) is 0 Å². The maximum Gasteiger partial charge on any atom is 0.412 e. The molecule has 0 fully saturated rings. The zero-order valence-electron chi connectivity index (χ0n) is 10.5. The first-order valence-corrected chi connectivity index (χ1v) is 5.91. The van der Waals surface area contributed by atoms with E-state index in [0.29, 0.717) is 0 Å². The number of halogens is 3. The van der Waals surface area contributed by atoms with E-state index in [-0.39, 0.29) is 32.5 Å². The van der Waals surface area contributed by atoms with Crippen molar-refractivity contribution in [3.63, 3.8) is 0 Å². The minimum Gasteiger partial charge on any atom is -0.479 e. The molecule has 3 N–H and O–H groups in total. The van der Waals surface area contributed by atoms with Crippen LogP contribution in [0.25, 0.3) is 0 Å². The predicted molar refractivity (Wildman–Crippen MR) is 62.0 cm³/mol. The topological polar surface area (TPSA) is 89.9 Å². The van der Waals surface area contributed by atoms with Gasteiger partial charge in [0.2, 0.25) is 0 Å². The third kappa shape index (κ3) is 4.72. The number of carboxylic acid groups (broad SMARTS) is 1. The lowest BCUT2D eigenvalue weighted by Crippen LogP contribution is -2.44. The van der Waals surface area contributed by atoms with Crippen LogP contribution in [0.15, 0.2) is 11.6 Å². The monoisotopic (exact) mass is 296 g/mol. The number of carbonyl (C=O) groups excluding carboxylic acids is 1. The molecule has 0 aromatic carbocycles. The van der Waals surface area contributed by atoms with Crippen molar-refractivity contribution in [2.75, 3.05) is 19.6 Å². The Hall–Kier alpha value is -1.77. The molecule has 0 saturated carbocycles. The van der Waals surface area contributed by atoms with Gasteiger partial charge in [0, 0.05) is 31.6 Å². The van der Waals surface area contributed by atoms with Gasteiger partial charge in [-0.2, -0.15) is 13.2 Å². The molecule has 9 heteroatoms. The van der Waals surface area contributed by atoms with Crippen LogP contribution >= 0.6 is 0 Å². The molecule has 1 aliphatic heterocycles. The Labute approximate surface area is 112 Å². The van der Waals surface area contributed by atoms with Crippen molar-refractivity contribution in [3.05, 3.63) is 11.6 Å². The minimum atomic E-state index is -4.37. The first-order valence-electron chi connectivity index (χ1n) is 5.91. The normalized spacial score (nSPS) is 17.4. The minimum absolute atomic E-state index is 0.0569. The van der Waals surface area contributed by atoms with Crippen molar-refractivity contribution in [1.82, 2.24) is 10.2 Å². The molecule has 2 amide bonds. The van der Waals surface area contributed by atoms with Crippen LogP contribution in [0.1, 0.15) is 12.8 Å². The third-order valence-electron chi connectivity index (χ3n) is 2.84. The lowest BCUT2D eigenvalue weighted by Gasteiger charge is -2.27. The molecule has 1 rings (SSSR count). The van der Waals surface area contributed by atoms with Crippen molar-refractivity contribution in [2.45, 2.75) is 25.1 Å². The highest BCUT2D eigenvalue weighted by Gasteiger charge is 2.35. The fraction of sp³-hybridized carbons (Fsp3) is 0.636. The number of amides is 2. The molecule has 1 unspecified atom stereocenters. The Bertz CT molecular complexity index is 409. The summed E-state index contributed by atoms with van der Waals surface area (Å²) in [6, 6.07) is -0.583. The zero-order chi connectivity index (χ0) is 15.3. The highest BCUT2D eigenvalue weighted by atomic mass is 19.4. The summed E-state index contributed by atoms with van der Waals surface area (Å²) in [5.74, 6) is -1.39. The molecule has 6 nitrogen and oxygen atoms in total. The van der Waals surface area contributed by atoms with E-state index in [1.165, 1.54) is 4.90 Å². The summed E-state index contributed by atoms with van der Waals surface area (Å²) < 4.78 is 37.1.